The van der Waals surface area contributed by atoms with E-state index in [1.807, 2.05) is 13.8 Å². The molecule has 0 unspecified atom stereocenters. The molecule has 1 aromatic carbocycles. The average Bonchev–Trinajstić information content (AvgIpc) is 2.85. The molecule has 1 aromatic heterocycles. The lowest BCUT2D eigenvalue weighted by molar-refractivity contribution is 0.0696. The Morgan fingerprint density at radius 3 is 2.75 bits per heavy atom. The molecule has 0 spiro atoms. The van der Waals surface area contributed by atoms with Crippen molar-refractivity contribution in [2.75, 3.05) is 0 Å². The lowest BCUT2D eigenvalue weighted by Gasteiger charge is -2.06. The van der Waals surface area contributed by atoms with Gasteiger partial charge in [0.25, 0.3) is 5.89 Å². The van der Waals surface area contributed by atoms with Crippen LogP contribution in [0.4, 0.5) is 0 Å². The highest BCUT2D eigenvalue weighted by atomic mass is 16.5. The molecule has 6 heteroatoms. The number of hydrogen-bond acceptors (Lipinski definition) is 5. The minimum Gasteiger partial charge on any atom is -0.484 e. The zero-order valence-electron chi connectivity index (χ0n) is 11.6. The maximum Gasteiger partial charge on any atom is 0.335 e. The van der Waals surface area contributed by atoms with E-state index in [1.165, 1.54) is 6.07 Å². The Kier molecular flexibility index (Phi) is 4.02. The van der Waals surface area contributed by atoms with E-state index >= 15 is 0 Å². The van der Waals surface area contributed by atoms with E-state index < -0.39 is 5.97 Å². The van der Waals surface area contributed by atoms with Gasteiger partial charge >= 0.3 is 5.97 Å². The average molecular weight is 276 g/mol. The fraction of sp³-hybridized carbons (Fsp3) is 0.357. The maximum absolute atomic E-state index is 10.9. The fourth-order valence-corrected chi connectivity index (χ4v) is 1.67. The molecule has 2 rings (SSSR count). The summed E-state index contributed by atoms with van der Waals surface area (Å²) < 4.78 is 10.6. The smallest absolute Gasteiger partial charge is 0.335 e. The number of hydrogen-bond donors (Lipinski definition) is 1. The molecule has 0 fully saturated rings. The van der Waals surface area contributed by atoms with Crippen molar-refractivity contribution >= 4 is 5.97 Å². The first-order chi connectivity index (χ1) is 9.47. The van der Waals surface area contributed by atoms with Crippen LogP contribution < -0.4 is 4.74 Å². The van der Waals surface area contributed by atoms with Gasteiger partial charge in [-0.15, -0.1) is 0 Å². The molecule has 0 aliphatic heterocycles. The number of carboxylic acids is 1. The van der Waals surface area contributed by atoms with Gasteiger partial charge in [0, 0.05) is 5.92 Å². The summed E-state index contributed by atoms with van der Waals surface area (Å²) in [5, 5.41) is 12.8. The van der Waals surface area contributed by atoms with Crippen LogP contribution in [0.5, 0.6) is 5.75 Å². The van der Waals surface area contributed by atoms with Gasteiger partial charge < -0.3 is 14.4 Å². The summed E-state index contributed by atoms with van der Waals surface area (Å²) in [6.07, 6.45) is 0. The minimum atomic E-state index is -0.951. The molecule has 0 bridgehead atoms. The number of aryl methyl sites for hydroxylation is 1. The van der Waals surface area contributed by atoms with Crippen LogP contribution >= 0.6 is 0 Å². The molecule has 0 amide bonds. The number of carbonyl (C=O) groups is 1. The quantitative estimate of drug-likeness (QED) is 0.903. The molecule has 1 heterocycles. The summed E-state index contributed by atoms with van der Waals surface area (Å²) in [5.74, 6) is 0.851. The van der Waals surface area contributed by atoms with E-state index in [9.17, 15) is 4.79 Å². The molecule has 0 radical (unpaired) electrons. The summed E-state index contributed by atoms with van der Waals surface area (Å²) in [6.45, 7) is 5.83. The highest BCUT2D eigenvalue weighted by molar-refractivity contribution is 5.89. The van der Waals surface area contributed by atoms with Crippen LogP contribution in [0.15, 0.2) is 22.7 Å². The Labute approximate surface area is 116 Å². The van der Waals surface area contributed by atoms with E-state index in [-0.39, 0.29) is 18.1 Å². The number of ether oxygens (including phenoxy) is 1. The first-order valence-electron chi connectivity index (χ1n) is 6.26. The van der Waals surface area contributed by atoms with E-state index in [1.54, 1.807) is 19.1 Å². The van der Waals surface area contributed by atoms with Gasteiger partial charge in [0.1, 0.15) is 5.75 Å². The van der Waals surface area contributed by atoms with Gasteiger partial charge in [0.2, 0.25) is 0 Å². The van der Waals surface area contributed by atoms with Crippen molar-refractivity contribution in [3.63, 3.8) is 0 Å². The van der Waals surface area contributed by atoms with Crippen LogP contribution in [-0.2, 0) is 6.61 Å². The van der Waals surface area contributed by atoms with Crippen molar-refractivity contribution in [3.05, 3.63) is 41.0 Å². The van der Waals surface area contributed by atoms with Crippen LogP contribution in [-0.4, -0.2) is 21.2 Å². The molecule has 6 nitrogen and oxygen atoms in total. The van der Waals surface area contributed by atoms with E-state index in [2.05, 4.69) is 10.1 Å². The molecule has 0 saturated heterocycles. The number of benzene rings is 1. The number of aromatic carboxylic acids is 1. The number of rotatable bonds is 5. The van der Waals surface area contributed by atoms with Crippen molar-refractivity contribution < 1.29 is 19.2 Å². The number of carboxylic acid groups (broad SMARTS) is 1. The van der Waals surface area contributed by atoms with Gasteiger partial charge in [-0.1, -0.05) is 19.0 Å². The van der Waals surface area contributed by atoms with Crippen LogP contribution in [0, 0.1) is 6.92 Å². The second kappa shape index (κ2) is 5.73. The molecule has 0 aliphatic rings. The third-order valence-electron chi connectivity index (χ3n) is 2.79. The molecule has 20 heavy (non-hydrogen) atoms. The highest BCUT2D eigenvalue weighted by Gasteiger charge is 2.11. The summed E-state index contributed by atoms with van der Waals surface area (Å²) >= 11 is 0. The van der Waals surface area contributed by atoms with Crippen molar-refractivity contribution in [2.45, 2.75) is 33.3 Å². The van der Waals surface area contributed by atoms with Crippen molar-refractivity contribution in [3.8, 4) is 5.75 Å². The molecule has 2 aromatic rings. The predicted octanol–water partition coefficient (Wildman–Crippen LogP) is 2.78. The fourth-order valence-electron chi connectivity index (χ4n) is 1.67. The Bertz CT molecular complexity index is 619. The van der Waals surface area contributed by atoms with E-state index in [0.717, 1.165) is 0 Å². The zero-order chi connectivity index (χ0) is 14.7. The first kappa shape index (κ1) is 14.0. The Morgan fingerprint density at radius 1 is 1.45 bits per heavy atom. The normalized spacial score (nSPS) is 10.8. The topological polar surface area (TPSA) is 85.5 Å². The van der Waals surface area contributed by atoms with E-state index in [0.29, 0.717) is 23.0 Å². The van der Waals surface area contributed by atoms with Crippen molar-refractivity contribution in [1.82, 2.24) is 10.1 Å². The molecule has 106 valence electrons. The van der Waals surface area contributed by atoms with Crippen LogP contribution in [0.1, 0.15) is 47.4 Å². The summed E-state index contributed by atoms with van der Waals surface area (Å²) in [5.41, 5.74) is 0.903. The van der Waals surface area contributed by atoms with Gasteiger partial charge in [0.05, 0.1) is 5.56 Å². The summed E-state index contributed by atoms with van der Waals surface area (Å²) in [4.78, 5) is 15.1. The molecule has 1 N–H and O–H groups in total. The molecular formula is C14H16N2O4. The summed E-state index contributed by atoms with van der Waals surface area (Å²) in [6, 6.07) is 4.79. The standard InChI is InChI=1S/C14H16N2O4/c1-8(2)13-15-12(20-16-13)7-19-10-4-5-11(14(17)18)9(3)6-10/h4-6,8H,7H2,1-3H3,(H,17,18). The third kappa shape index (κ3) is 3.14. The van der Waals surface area contributed by atoms with Gasteiger partial charge in [-0.25, -0.2) is 4.79 Å². The zero-order valence-corrected chi connectivity index (χ0v) is 11.6. The largest absolute Gasteiger partial charge is 0.484 e. The monoisotopic (exact) mass is 276 g/mol. The van der Waals surface area contributed by atoms with Gasteiger partial charge in [-0.05, 0) is 30.7 Å². The van der Waals surface area contributed by atoms with Crippen LogP contribution in [0.25, 0.3) is 0 Å². The van der Waals surface area contributed by atoms with Crippen molar-refractivity contribution in [2.24, 2.45) is 0 Å². The second-order valence-electron chi connectivity index (χ2n) is 4.77. The number of nitrogens with zero attached hydrogens (tertiary/aromatic N) is 2. The molecular weight excluding hydrogens is 260 g/mol. The van der Waals surface area contributed by atoms with Crippen molar-refractivity contribution in [1.29, 1.82) is 0 Å². The lowest BCUT2D eigenvalue weighted by Crippen LogP contribution is -2.01. The highest BCUT2D eigenvalue weighted by Crippen LogP contribution is 2.18. The molecule has 0 atom stereocenters. The third-order valence-corrected chi connectivity index (χ3v) is 2.79. The SMILES string of the molecule is Cc1cc(OCc2nc(C(C)C)no2)ccc1C(=O)O. The lowest BCUT2D eigenvalue weighted by atomic mass is 10.1. The molecule has 0 saturated carbocycles. The summed E-state index contributed by atoms with van der Waals surface area (Å²) in [7, 11) is 0. The first-order valence-corrected chi connectivity index (χ1v) is 6.26. The Morgan fingerprint density at radius 2 is 2.20 bits per heavy atom. The Balaban J connectivity index is 2.03. The van der Waals surface area contributed by atoms with Gasteiger partial charge in [0.15, 0.2) is 12.4 Å². The van der Waals surface area contributed by atoms with Crippen LogP contribution in [0.3, 0.4) is 0 Å². The maximum atomic E-state index is 10.9. The number of aromatic nitrogens is 2. The van der Waals surface area contributed by atoms with Gasteiger partial charge in [-0.3, -0.25) is 0 Å². The predicted molar refractivity (Wildman–Crippen MR) is 70.9 cm³/mol. The van der Waals surface area contributed by atoms with E-state index in [4.69, 9.17) is 14.4 Å². The van der Waals surface area contributed by atoms with Crippen LogP contribution in [0.2, 0.25) is 0 Å². The van der Waals surface area contributed by atoms with Gasteiger partial charge in [-0.2, -0.15) is 4.98 Å². The Hall–Kier alpha value is -2.37. The minimum absolute atomic E-state index is 0.158. The second-order valence-corrected chi connectivity index (χ2v) is 4.77. The molecule has 0 aliphatic carbocycles.